The van der Waals surface area contributed by atoms with Crippen molar-refractivity contribution in [3.63, 3.8) is 0 Å². The lowest BCUT2D eigenvalue weighted by Crippen LogP contribution is -2.23. The molecule has 2 rings (SSSR count). The summed E-state index contributed by atoms with van der Waals surface area (Å²) in [7, 11) is 0. The first-order chi connectivity index (χ1) is 9.08. The second-order valence-corrected chi connectivity index (χ2v) is 4.05. The summed E-state index contributed by atoms with van der Waals surface area (Å²) in [6.45, 7) is 0.221. The number of nitrogens with zero attached hydrogens (tertiary/aromatic N) is 2. The number of H-pyrrole nitrogens is 1. The highest BCUT2D eigenvalue weighted by Crippen LogP contribution is 2.22. The van der Waals surface area contributed by atoms with Crippen LogP contribution in [0, 0.1) is 10.1 Å². The van der Waals surface area contributed by atoms with Crippen molar-refractivity contribution in [3.05, 3.63) is 57.1 Å². The topological polar surface area (TPSA) is 101 Å². The molecule has 0 radical (unpaired) electrons. The van der Waals surface area contributed by atoms with Crippen LogP contribution in [0.3, 0.4) is 0 Å². The standard InChI is InChI=1S/C11H9ClN4O3/c12-9-5-7(16(18)19)1-2-8(9)11(17)15-6-10-13-3-4-14-10/h1-5H,6H2,(H,13,14)(H,15,17). The molecule has 1 aromatic carbocycles. The molecule has 0 unspecified atom stereocenters. The molecule has 2 N–H and O–H groups in total. The zero-order chi connectivity index (χ0) is 13.8. The fraction of sp³-hybridized carbons (Fsp3) is 0.0909. The Kier molecular flexibility index (Phi) is 3.76. The number of nitro benzene ring substituents is 1. The number of imidazole rings is 1. The van der Waals surface area contributed by atoms with Gasteiger partial charge in [-0.1, -0.05) is 11.6 Å². The lowest BCUT2D eigenvalue weighted by Gasteiger charge is -2.05. The first-order valence-corrected chi connectivity index (χ1v) is 5.66. The Morgan fingerprint density at radius 3 is 2.89 bits per heavy atom. The number of amides is 1. The molecule has 7 nitrogen and oxygen atoms in total. The lowest BCUT2D eigenvalue weighted by molar-refractivity contribution is -0.384. The van der Waals surface area contributed by atoms with E-state index < -0.39 is 10.8 Å². The fourth-order valence-electron chi connectivity index (χ4n) is 1.46. The molecule has 0 fully saturated rings. The minimum absolute atomic E-state index is 0.0335. The second kappa shape index (κ2) is 5.49. The number of nitrogens with one attached hydrogen (secondary N) is 2. The monoisotopic (exact) mass is 280 g/mol. The molecule has 8 heteroatoms. The summed E-state index contributed by atoms with van der Waals surface area (Å²) in [6.07, 6.45) is 3.21. The smallest absolute Gasteiger partial charge is 0.270 e. The van der Waals surface area contributed by atoms with Crippen LogP contribution in [0.4, 0.5) is 5.69 Å². The van der Waals surface area contributed by atoms with Gasteiger partial charge in [0.2, 0.25) is 0 Å². The molecule has 0 aliphatic heterocycles. The van der Waals surface area contributed by atoms with Crippen molar-refractivity contribution >= 4 is 23.2 Å². The fourth-order valence-corrected chi connectivity index (χ4v) is 1.72. The molecule has 0 spiro atoms. The highest BCUT2D eigenvalue weighted by Gasteiger charge is 2.14. The molecule has 1 heterocycles. The molecule has 19 heavy (non-hydrogen) atoms. The van der Waals surface area contributed by atoms with Gasteiger partial charge >= 0.3 is 0 Å². The first kappa shape index (κ1) is 13.0. The average molecular weight is 281 g/mol. The molecule has 0 saturated carbocycles. The van der Waals surface area contributed by atoms with Crippen molar-refractivity contribution in [1.82, 2.24) is 15.3 Å². The van der Waals surface area contributed by atoms with E-state index in [9.17, 15) is 14.9 Å². The van der Waals surface area contributed by atoms with Crippen molar-refractivity contribution in [2.75, 3.05) is 0 Å². The van der Waals surface area contributed by atoms with E-state index in [2.05, 4.69) is 15.3 Å². The van der Waals surface area contributed by atoms with Gasteiger partial charge in [0.15, 0.2) is 0 Å². The number of aromatic nitrogens is 2. The van der Waals surface area contributed by atoms with Gasteiger partial charge in [0.05, 0.1) is 22.1 Å². The maximum Gasteiger partial charge on any atom is 0.270 e. The van der Waals surface area contributed by atoms with Crippen molar-refractivity contribution < 1.29 is 9.72 Å². The van der Waals surface area contributed by atoms with Crippen molar-refractivity contribution in [3.8, 4) is 0 Å². The van der Waals surface area contributed by atoms with E-state index in [-0.39, 0.29) is 22.8 Å². The van der Waals surface area contributed by atoms with Crippen LogP contribution >= 0.6 is 11.6 Å². The van der Waals surface area contributed by atoms with E-state index in [1.54, 1.807) is 12.4 Å². The van der Waals surface area contributed by atoms with Crippen LogP contribution in [0.1, 0.15) is 16.2 Å². The predicted octanol–water partition coefficient (Wildman–Crippen LogP) is 1.90. The van der Waals surface area contributed by atoms with Crippen molar-refractivity contribution in [2.45, 2.75) is 6.54 Å². The molecule has 0 saturated heterocycles. The van der Waals surface area contributed by atoms with Gasteiger partial charge in [-0.2, -0.15) is 0 Å². The van der Waals surface area contributed by atoms with E-state index in [1.807, 2.05) is 0 Å². The van der Waals surface area contributed by atoms with Crippen LogP contribution in [0.2, 0.25) is 5.02 Å². The summed E-state index contributed by atoms with van der Waals surface area (Å²) < 4.78 is 0. The first-order valence-electron chi connectivity index (χ1n) is 5.28. The van der Waals surface area contributed by atoms with Gasteiger partial charge in [-0.25, -0.2) is 4.98 Å². The van der Waals surface area contributed by atoms with Gasteiger partial charge in [0.1, 0.15) is 5.82 Å². The number of hydrogen-bond donors (Lipinski definition) is 2. The third-order valence-corrected chi connectivity index (χ3v) is 2.69. The Bertz CT molecular complexity index is 612. The summed E-state index contributed by atoms with van der Waals surface area (Å²) in [5, 5.41) is 13.2. The molecular weight excluding hydrogens is 272 g/mol. The van der Waals surface area contributed by atoms with Gasteiger partial charge in [-0.15, -0.1) is 0 Å². The van der Waals surface area contributed by atoms with E-state index in [0.29, 0.717) is 5.82 Å². The number of hydrogen-bond acceptors (Lipinski definition) is 4. The van der Waals surface area contributed by atoms with E-state index >= 15 is 0 Å². The molecule has 2 aromatic rings. The maximum absolute atomic E-state index is 11.8. The zero-order valence-corrected chi connectivity index (χ0v) is 10.3. The van der Waals surface area contributed by atoms with Crippen LogP contribution in [0.25, 0.3) is 0 Å². The number of carbonyl (C=O) groups is 1. The third-order valence-electron chi connectivity index (χ3n) is 2.38. The van der Waals surface area contributed by atoms with E-state index in [1.165, 1.54) is 12.1 Å². The van der Waals surface area contributed by atoms with Gasteiger partial charge < -0.3 is 10.3 Å². The number of nitro groups is 1. The highest BCUT2D eigenvalue weighted by molar-refractivity contribution is 6.34. The van der Waals surface area contributed by atoms with Gasteiger partial charge in [0.25, 0.3) is 11.6 Å². The van der Waals surface area contributed by atoms with Crippen LogP contribution in [-0.2, 0) is 6.54 Å². The van der Waals surface area contributed by atoms with Gasteiger partial charge in [-0.3, -0.25) is 14.9 Å². The van der Waals surface area contributed by atoms with Crippen molar-refractivity contribution in [1.29, 1.82) is 0 Å². The number of carbonyl (C=O) groups excluding carboxylic acids is 1. The molecule has 1 amide bonds. The van der Waals surface area contributed by atoms with E-state index in [0.717, 1.165) is 6.07 Å². The van der Waals surface area contributed by atoms with Crippen molar-refractivity contribution in [2.24, 2.45) is 0 Å². The number of benzene rings is 1. The minimum atomic E-state index is -0.573. The Balaban J connectivity index is 2.09. The maximum atomic E-state index is 11.8. The molecule has 0 atom stereocenters. The minimum Gasteiger partial charge on any atom is -0.347 e. The van der Waals surface area contributed by atoms with Crippen LogP contribution in [0.15, 0.2) is 30.6 Å². The molecular formula is C11H9ClN4O3. The number of halogens is 1. The summed E-state index contributed by atoms with van der Waals surface area (Å²) in [5.74, 6) is 0.183. The summed E-state index contributed by atoms with van der Waals surface area (Å²) in [4.78, 5) is 28.6. The predicted molar refractivity (Wildman–Crippen MR) is 67.9 cm³/mol. The Morgan fingerprint density at radius 2 is 2.32 bits per heavy atom. The Labute approximate surface area is 112 Å². The molecule has 0 aliphatic rings. The van der Waals surface area contributed by atoms with Crippen LogP contribution in [0.5, 0.6) is 0 Å². The molecule has 1 aromatic heterocycles. The summed E-state index contributed by atoms with van der Waals surface area (Å²) in [5.41, 5.74) is 0.0198. The SMILES string of the molecule is O=C(NCc1ncc[nH]1)c1ccc([N+](=O)[O-])cc1Cl. The van der Waals surface area contributed by atoms with E-state index in [4.69, 9.17) is 11.6 Å². The largest absolute Gasteiger partial charge is 0.347 e. The highest BCUT2D eigenvalue weighted by atomic mass is 35.5. The summed E-state index contributed by atoms with van der Waals surface area (Å²) >= 11 is 5.84. The average Bonchev–Trinajstić information content (AvgIpc) is 2.88. The summed E-state index contributed by atoms with van der Waals surface area (Å²) in [6, 6.07) is 3.69. The second-order valence-electron chi connectivity index (χ2n) is 3.64. The van der Waals surface area contributed by atoms with Gasteiger partial charge in [-0.05, 0) is 6.07 Å². The molecule has 0 bridgehead atoms. The normalized spacial score (nSPS) is 10.2. The Morgan fingerprint density at radius 1 is 1.53 bits per heavy atom. The number of non-ortho nitro benzene ring substituents is 1. The lowest BCUT2D eigenvalue weighted by atomic mass is 10.2. The molecule has 0 aliphatic carbocycles. The Hall–Kier alpha value is -2.41. The quantitative estimate of drug-likeness (QED) is 0.659. The zero-order valence-electron chi connectivity index (χ0n) is 9.59. The third kappa shape index (κ3) is 3.08. The number of aromatic amines is 1. The van der Waals surface area contributed by atoms with Crippen LogP contribution < -0.4 is 5.32 Å². The number of rotatable bonds is 4. The van der Waals surface area contributed by atoms with Gasteiger partial charge in [0, 0.05) is 24.5 Å². The molecule has 98 valence electrons. The van der Waals surface area contributed by atoms with Crippen LogP contribution in [-0.4, -0.2) is 20.8 Å².